The van der Waals surface area contributed by atoms with Crippen molar-refractivity contribution in [1.29, 1.82) is 0 Å². The molecular weight excluding hydrogens is 378 g/mol. The summed E-state index contributed by atoms with van der Waals surface area (Å²) in [6.45, 7) is 11.5. The van der Waals surface area contributed by atoms with E-state index in [9.17, 15) is 14.9 Å². The minimum atomic E-state index is -1.83. The van der Waals surface area contributed by atoms with Crippen LogP contribution in [-0.4, -0.2) is 19.4 Å². The van der Waals surface area contributed by atoms with Crippen LogP contribution in [0.5, 0.6) is 11.5 Å². The second-order valence-corrected chi connectivity index (χ2v) is 12.7. The number of benzene rings is 2. The van der Waals surface area contributed by atoms with Crippen LogP contribution < -0.4 is 9.47 Å². The molecule has 0 spiro atoms. The van der Waals surface area contributed by atoms with Gasteiger partial charge in [0.2, 0.25) is 0 Å². The van der Waals surface area contributed by atoms with E-state index in [0.29, 0.717) is 12.4 Å². The Balaban J connectivity index is 1.89. The molecule has 0 aliphatic rings. The van der Waals surface area contributed by atoms with Gasteiger partial charge in [0.25, 0.3) is 5.69 Å². The molecule has 0 saturated heterocycles. The Morgan fingerprint density at radius 2 is 1.43 bits per heavy atom. The molecule has 0 aliphatic carbocycles. The van der Waals surface area contributed by atoms with Crippen molar-refractivity contribution in [1.82, 2.24) is 0 Å². The molecule has 28 heavy (non-hydrogen) atoms. The molecule has 8 heteroatoms. The van der Waals surface area contributed by atoms with E-state index < -0.39 is 19.4 Å². The first-order chi connectivity index (χ1) is 13.0. The van der Waals surface area contributed by atoms with E-state index in [0.717, 1.165) is 5.56 Å². The third-order valence-electron chi connectivity index (χ3n) is 4.78. The van der Waals surface area contributed by atoms with Gasteiger partial charge in [-0.1, -0.05) is 32.9 Å². The van der Waals surface area contributed by atoms with Crippen molar-refractivity contribution in [2.24, 2.45) is 0 Å². The Bertz CT molecular complexity index is 825. The monoisotopic (exact) mass is 403 g/mol. The Hall–Kier alpha value is -2.71. The first kappa shape index (κ1) is 21.6. The molecule has 0 unspecified atom stereocenters. The molecule has 0 fully saturated rings. The molecule has 0 radical (unpaired) electrons. The van der Waals surface area contributed by atoms with Crippen molar-refractivity contribution in [2.45, 2.75) is 45.5 Å². The summed E-state index contributed by atoms with van der Waals surface area (Å²) in [5.41, 5.74) is 0.900. The molecule has 0 heterocycles. The van der Waals surface area contributed by atoms with Crippen LogP contribution in [0, 0.1) is 10.1 Å². The van der Waals surface area contributed by atoms with Gasteiger partial charge in [-0.3, -0.25) is 10.1 Å². The standard InChI is InChI=1S/C20H25NO6Si/c1-20(2,3)28(4,5)25-14-15-6-10-17(11-7-15)26-19(22)27-18-12-8-16(9-13-18)21(23)24/h6-13H,14H2,1-5H3. The lowest BCUT2D eigenvalue weighted by Gasteiger charge is -2.36. The van der Waals surface area contributed by atoms with Crippen LogP contribution in [0.15, 0.2) is 48.5 Å². The van der Waals surface area contributed by atoms with Gasteiger partial charge in [-0.15, -0.1) is 0 Å². The van der Waals surface area contributed by atoms with E-state index in [-0.39, 0.29) is 16.5 Å². The molecule has 0 atom stereocenters. The highest BCUT2D eigenvalue weighted by molar-refractivity contribution is 6.74. The van der Waals surface area contributed by atoms with Crippen molar-refractivity contribution in [3.63, 3.8) is 0 Å². The van der Waals surface area contributed by atoms with Crippen molar-refractivity contribution in [3.8, 4) is 11.5 Å². The quantitative estimate of drug-likeness (QED) is 0.202. The fourth-order valence-corrected chi connectivity index (χ4v) is 2.94. The summed E-state index contributed by atoms with van der Waals surface area (Å²) in [6.07, 6.45) is -0.917. The molecular formula is C20H25NO6Si. The highest BCUT2D eigenvalue weighted by Crippen LogP contribution is 2.37. The minimum Gasteiger partial charge on any atom is -0.413 e. The maximum atomic E-state index is 11.9. The van der Waals surface area contributed by atoms with Crippen molar-refractivity contribution in [2.75, 3.05) is 0 Å². The summed E-state index contributed by atoms with van der Waals surface area (Å²) >= 11 is 0. The number of non-ortho nitro benzene ring substituents is 1. The molecule has 7 nitrogen and oxygen atoms in total. The summed E-state index contributed by atoms with van der Waals surface area (Å²) in [5.74, 6) is 0.498. The van der Waals surface area contributed by atoms with E-state index in [1.54, 1.807) is 12.1 Å². The largest absolute Gasteiger partial charge is 0.519 e. The predicted molar refractivity (Wildman–Crippen MR) is 108 cm³/mol. The lowest BCUT2D eigenvalue weighted by molar-refractivity contribution is -0.384. The summed E-state index contributed by atoms with van der Waals surface area (Å²) in [7, 11) is -1.83. The topological polar surface area (TPSA) is 87.9 Å². The molecule has 150 valence electrons. The van der Waals surface area contributed by atoms with Gasteiger partial charge in [-0.25, -0.2) is 4.79 Å². The number of nitro groups is 1. The number of hydrogen-bond donors (Lipinski definition) is 0. The Morgan fingerprint density at radius 3 is 1.86 bits per heavy atom. The van der Waals surface area contributed by atoms with Gasteiger partial charge < -0.3 is 13.9 Å². The number of carbonyl (C=O) groups excluding carboxylic acids is 1. The van der Waals surface area contributed by atoms with Gasteiger partial charge in [0, 0.05) is 12.1 Å². The Kier molecular flexibility index (Phi) is 6.58. The second kappa shape index (κ2) is 8.53. The van der Waals surface area contributed by atoms with Gasteiger partial charge in [-0.05, 0) is 48.0 Å². The van der Waals surface area contributed by atoms with Crippen LogP contribution in [0.2, 0.25) is 18.1 Å². The van der Waals surface area contributed by atoms with E-state index in [1.807, 2.05) is 12.1 Å². The molecule has 0 aromatic heterocycles. The van der Waals surface area contributed by atoms with E-state index in [4.69, 9.17) is 13.9 Å². The van der Waals surface area contributed by atoms with E-state index >= 15 is 0 Å². The average Bonchev–Trinajstić information content (AvgIpc) is 2.60. The third kappa shape index (κ3) is 5.90. The molecule has 0 saturated carbocycles. The van der Waals surface area contributed by atoms with Gasteiger partial charge >= 0.3 is 6.16 Å². The first-order valence-corrected chi connectivity index (χ1v) is 11.8. The maximum absolute atomic E-state index is 11.9. The molecule has 0 bridgehead atoms. The van der Waals surface area contributed by atoms with Crippen LogP contribution in [0.1, 0.15) is 26.3 Å². The minimum absolute atomic E-state index is 0.0868. The highest BCUT2D eigenvalue weighted by Gasteiger charge is 2.36. The van der Waals surface area contributed by atoms with Crippen LogP contribution in [0.3, 0.4) is 0 Å². The summed E-state index contributed by atoms with van der Waals surface area (Å²) < 4.78 is 16.3. The average molecular weight is 404 g/mol. The predicted octanol–water partition coefficient (Wildman–Crippen LogP) is 5.69. The first-order valence-electron chi connectivity index (χ1n) is 8.85. The Morgan fingerprint density at radius 1 is 0.964 bits per heavy atom. The number of rotatable bonds is 6. The van der Waals surface area contributed by atoms with Gasteiger partial charge in [-0.2, -0.15) is 0 Å². The van der Waals surface area contributed by atoms with Crippen LogP contribution in [-0.2, 0) is 11.0 Å². The molecule has 2 aromatic rings. The highest BCUT2D eigenvalue weighted by atomic mass is 28.4. The van der Waals surface area contributed by atoms with Crippen LogP contribution in [0.4, 0.5) is 10.5 Å². The maximum Gasteiger partial charge on any atom is 0.519 e. The number of hydrogen-bond acceptors (Lipinski definition) is 6. The molecule has 0 N–H and O–H groups in total. The summed E-state index contributed by atoms with van der Waals surface area (Å²) in [4.78, 5) is 21.9. The zero-order valence-electron chi connectivity index (χ0n) is 16.7. The molecule has 2 rings (SSSR count). The van der Waals surface area contributed by atoms with Crippen LogP contribution >= 0.6 is 0 Å². The lowest BCUT2D eigenvalue weighted by atomic mass is 10.2. The summed E-state index contributed by atoms with van der Waals surface area (Å²) in [6, 6.07) is 12.2. The number of carbonyl (C=O) groups is 1. The number of nitrogens with zero attached hydrogens (tertiary/aromatic N) is 1. The van der Waals surface area contributed by atoms with E-state index in [2.05, 4.69) is 33.9 Å². The third-order valence-corrected chi connectivity index (χ3v) is 9.26. The fourth-order valence-electron chi connectivity index (χ4n) is 1.98. The van der Waals surface area contributed by atoms with E-state index in [1.165, 1.54) is 24.3 Å². The SMILES string of the molecule is CC(C)(C)[Si](C)(C)OCc1ccc(OC(=O)Oc2ccc([N+](=O)[O-])cc2)cc1. The lowest BCUT2D eigenvalue weighted by Crippen LogP contribution is -2.40. The Labute approximate surface area is 165 Å². The smallest absolute Gasteiger partial charge is 0.413 e. The molecule has 0 amide bonds. The normalized spacial score (nSPS) is 11.8. The van der Waals surface area contributed by atoms with Gasteiger partial charge in [0.05, 0.1) is 11.5 Å². The number of nitro benzene ring substituents is 1. The van der Waals surface area contributed by atoms with Crippen molar-refractivity contribution >= 4 is 20.2 Å². The fraction of sp³-hybridized carbons (Fsp3) is 0.350. The summed E-state index contributed by atoms with van der Waals surface area (Å²) in [5, 5.41) is 10.8. The zero-order chi connectivity index (χ0) is 20.9. The van der Waals surface area contributed by atoms with Crippen LogP contribution in [0.25, 0.3) is 0 Å². The second-order valence-electron chi connectivity index (χ2n) is 7.90. The zero-order valence-corrected chi connectivity index (χ0v) is 17.7. The number of ether oxygens (including phenoxy) is 2. The van der Waals surface area contributed by atoms with Gasteiger partial charge in [0.15, 0.2) is 8.32 Å². The molecule has 2 aromatic carbocycles. The van der Waals surface area contributed by atoms with Gasteiger partial charge in [0.1, 0.15) is 11.5 Å². The van der Waals surface area contributed by atoms with Crippen molar-refractivity contribution < 1.29 is 23.6 Å². The van der Waals surface area contributed by atoms with Crippen molar-refractivity contribution in [3.05, 3.63) is 64.2 Å². The molecule has 0 aliphatic heterocycles.